The van der Waals surface area contributed by atoms with Crippen LogP contribution < -0.4 is 5.73 Å². The molecular formula is C13H18BrNS. The van der Waals surface area contributed by atoms with Crippen LogP contribution >= 0.6 is 27.7 Å². The highest BCUT2D eigenvalue weighted by molar-refractivity contribution is 9.10. The molecule has 0 radical (unpaired) electrons. The van der Waals surface area contributed by atoms with Gasteiger partial charge in [-0.2, -0.15) is 11.8 Å². The molecule has 1 nitrogen and oxygen atoms in total. The van der Waals surface area contributed by atoms with Gasteiger partial charge in [-0.25, -0.2) is 0 Å². The summed E-state index contributed by atoms with van der Waals surface area (Å²) in [6.45, 7) is 0. The second-order valence-corrected chi connectivity index (χ2v) is 6.45. The minimum atomic E-state index is 0.910. The number of rotatable bonds is 4. The van der Waals surface area contributed by atoms with E-state index < -0.39 is 0 Å². The van der Waals surface area contributed by atoms with Gasteiger partial charge in [0.15, 0.2) is 0 Å². The van der Waals surface area contributed by atoms with Crippen molar-refractivity contribution in [2.45, 2.75) is 31.4 Å². The van der Waals surface area contributed by atoms with E-state index in [2.05, 4.69) is 28.1 Å². The van der Waals surface area contributed by atoms with E-state index in [4.69, 9.17) is 5.73 Å². The number of benzene rings is 1. The van der Waals surface area contributed by atoms with Crippen molar-refractivity contribution < 1.29 is 0 Å². The van der Waals surface area contributed by atoms with Crippen LogP contribution in [-0.4, -0.2) is 5.75 Å². The van der Waals surface area contributed by atoms with Crippen molar-refractivity contribution in [3.63, 3.8) is 0 Å². The SMILES string of the molecule is Nc1cc(Br)ccc1CSCC1CCCC1. The van der Waals surface area contributed by atoms with Crippen molar-refractivity contribution >= 4 is 33.4 Å². The van der Waals surface area contributed by atoms with Gasteiger partial charge in [-0.05, 0) is 42.2 Å². The Balaban J connectivity index is 1.80. The van der Waals surface area contributed by atoms with Gasteiger partial charge in [-0.15, -0.1) is 0 Å². The highest BCUT2D eigenvalue weighted by Crippen LogP contribution is 2.30. The molecule has 1 aliphatic carbocycles. The zero-order valence-electron chi connectivity index (χ0n) is 9.42. The molecule has 1 saturated carbocycles. The molecular weight excluding hydrogens is 282 g/mol. The molecule has 0 heterocycles. The van der Waals surface area contributed by atoms with Gasteiger partial charge in [0.25, 0.3) is 0 Å². The first-order chi connectivity index (χ1) is 7.75. The summed E-state index contributed by atoms with van der Waals surface area (Å²) in [5.41, 5.74) is 8.15. The summed E-state index contributed by atoms with van der Waals surface area (Å²) in [4.78, 5) is 0. The molecule has 0 atom stereocenters. The normalized spacial score (nSPS) is 16.8. The predicted octanol–water partition coefficient (Wildman–Crippen LogP) is 4.45. The summed E-state index contributed by atoms with van der Waals surface area (Å²) in [6, 6.07) is 6.19. The molecule has 2 rings (SSSR count). The van der Waals surface area contributed by atoms with Gasteiger partial charge in [0.05, 0.1) is 0 Å². The van der Waals surface area contributed by atoms with Gasteiger partial charge in [0.2, 0.25) is 0 Å². The van der Waals surface area contributed by atoms with Crippen LogP contribution in [0, 0.1) is 5.92 Å². The van der Waals surface area contributed by atoms with Gasteiger partial charge < -0.3 is 5.73 Å². The maximum Gasteiger partial charge on any atom is 0.0366 e. The van der Waals surface area contributed by atoms with E-state index in [1.807, 2.05) is 17.8 Å². The monoisotopic (exact) mass is 299 g/mol. The molecule has 0 saturated heterocycles. The smallest absolute Gasteiger partial charge is 0.0366 e. The molecule has 3 heteroatoms. The minimum absolute atomic E-state index is 0.910. The van der Waals surface area contributed by atoms with E-state index in [1.54, 1.807) is 0 Å². The van der Waals surface area contributed by atoms with E-state index in [9.17, 15) is 0 Å². The summed E-state index contributed by atoms with van der Waals surface area (Å²) >= 11 is 5.46. The number of nitrogens with two attached hydrogens (primary N) is 1. The summed E-state index contributed by atoms with van der Waals surface area (Å²) < 4.78 is 1.06. The Labute approximate surface area is 110 Å². The molecule has 1 aliphatic rings. The molecule has 1 aromatic carbocycles. The van der Waals surface area contributed by atoms with Crippen molar-refractivity contribution in [3.05, 3.63) is 28.2 Å². The molecule has 2 N–H and O–H groups in total. The number of anilines is 1. The van der Waals surface area contributed by atoms with Gasteiger partial charge >= 0.3 is 0 Å². The number of hydrogen-bond donors (Lipinski definition) is 1. The van der Waals surface area contributed by atoms with E-state index in [0.717, 1.165) is 21.8 Å². The number of halogens is 1. The number of nitrogen functional groups attached to an aromatic ring is 1. The number of thioether (sulfide) groups is 1. The predicted molar refractivity (Wildman–Crippen MR) is 76.7 cm³/mol. The Kier molecular flexibility index (Phi) is 4.59. The summed E-state index contributed by atoms with van der Waals surface area (Å²) in [5, 5.41) is 0. The first kappa shape index (κ1) is 12.3. The van der Waals surface area contributed by atoms with Crippen LogP contribution in [0.3, 0.4) is 0 Å². The fraction of sp³-hybridized carbons (Fsp3) is 0.538. The standard InChI is InChI=1S/C13H18BrNS/c14-12-6-5-11(13(15)7-12)9-16-8-10-3-1-2-4-10/h5-7,10H,1-4,8-9,15H2. The molecule has 1 fully saturated rings. The third kappa shape index (κ3) is 3.42. The second kappa shape index (κ2) is 5.97. The van der Waals surface area contributed by atoms with Crippen LogP contribution in [-0.2, 0) is 5.75 Å². The van der Waals surface area contributed by atoms with E-state index in [1.165, 1.54) is 37.0 Å². The van der Waals surface area contributed by atoms with Crippen molar-refractivity contribution in [1.29, 1.82) is 0 Å². The van der Waals surface area contributed by atoms with Crippen LogP contribution in [0.2, 0.25) is 0 Å². The van der Waals surface area contributed by atoms with Crippen LogP contribution in [0.25, 0.3) is 0 Å². The molecule has 0 unspecified atom stereocenters. The molecule has 16 heavy (non-hydrogen) atoms. The molecule has 0 spiro atoms. The zero-order chi connectivity index (χ0) is 11.4. The topological polar surface area (TPSA) is 26.0 Å². The van der Waals surface area contributed by atoms with Gasteiger partial charge in [-0.3, -0.25) is 0 Å². The third-order valence-corrected chi connectivity index (χ3v) is 4.91. The Morgan fingerprint density at radius 2 is 2.06 bits per heavy atom. The summed E-state index contributed by atoms with van der Waals surface area (Å²) in [6.07, 6.45) is 5.74. The fourth-order valence-electron chi connectivity index (χ4n) is 2.21. The molecule has 1 aromatic rings. The van der Waals surface area contributed by atoms with Gasteiger partial charge in [0, 0.05) is 15.9 Å². The van der Waals surface area contributed by atoms with Crippen LogP contribution in [0.1, 0.15) is 31.2 Å². The first-order valence-electron chi connectivity index (χ1n) is 5.87. The van der Waals surface area contributed by atoms with Crippen molar-refractivity contribution in [2.75, 3.05) is 11.5 Å². The highest BCUT2D eigenvalue weighted by Gasteiger charge is 2.14. The van der Waals surface area contributed by atoms with Crippen molar-refractivity contribution in [3.8, 4) is 0 Å². The van der Waals surface area contributed by atoms with Crippen molar-refractivity contribution in [1.82, 2.24) is 0 Å². The average molecular weight is 300 g/mol. The van der Waals surface area contributed by atoms with E-state index in [-0.39, 0.29) is 0 Å². The summed E-state index contributed by atoms with van der Waals surface area (Å²) in [7, 11) is 0. The summed E-state index contributed by atoms with van der Waals surface area (Å²) in [5.74, 6) is 3.31. The maximum atomic E-state index is 5.97. The fourth-order valence-corrected chi connectivity index (χ4v) is 3.86. The lowest BCUT2D eigenvalue weighted by atomic mass is 10.1. The largest absolute Gasteiger partial charge is 0.398 e. The van der Waals surface area contributed by atoms with E-state index in [0.29, 0.717) is 0 Å². The third-order valence-electron chi connectivity index (χ3n) is 3.19. The Morgan fingerprint density at radius 1 is 1.31 bits per heavy atom. The quantitative estimate of drug-likeness (QED) is 0.831. The average Bonchev–Trinajstić information content (AvgIpc) is 2.74. The molecule has 0 aliphatic heterocycles. The molecule has 88 valence electrons. The Bertz CT molecular complexity index is 348. The molecule has 0 bridgehead atoms. The zero-order valence-corrected chi connectivity index (χ0v) is 11.8. The number of hydrogen-bond acceptors (Lipinski definition) is 2. The molecule has 0 aromatic heterocycles. The lowest BCUT2D eigenvalue weighted by Gasteiger charge is -2.09. The lowest BCUT2D eigenvalue weighted by molar-refractivity contribution is 0.623. The van der Waals surface area contributed by atoms with Gasteiger partial charge in [0.1, 0.15) is 0 Å². The maximum absolute atomic E-state index is 5.97. The van der Waals surface area contributed by atoms with Crippen LogP contribution in [0.4, 0.5) is 5.69 Å². The Hall–Kier alpha value is -0.150. The Morgan fingerprint density at radius 3 is 2.75 bits per heavy atom. The molecule has 0 amide bonds. The minimum Gasteiger partial charge on any atom is -0.398 e. The van der Waals surface area contributed by atoms with E-state index >= 15 is 0 Å². The van der Waals surface area contributed by atoms with Crippen LogP contribution in [0.15, 0.2) is 22.7 Å². The second-order valence-electron chi connectivity index (χ2n) is 4.51. The first-order valence-corrected chi connectivity index (χ1v) is 7.82. The van der Waals surface area contributed by atoms with Gasteiger partial charge in [-0.1, -0.05) is 34.8 Å². The van der Waals surface area contributed by atoms with Crippen LogP contribution in [0.5, 0.6) is 0 Å². The highest BCUT2D eigenvalue weighted by atomic mass is 79.9. The lowest BCUT2D eigenvalue weighted by Crippen LogP contribution is -1.98. The van der Waals surface area contributed by atoms with Crippen molar-refractivity contribution in [2.24, 2.45) is 5.92 Å².